The molecule has 2 aliphatic rings. The number of hydrogen-bond acceptors (Lipinski definition) is 5. The zero-order valence-corrected chi connectivity index (χ0v) is 14.4. The maximum Gasteiger partial charge on any atom is 0.409 e. The molecule has 0 spiro atoms. The SMILES string of the molecule is COC(=O)N1CCC[C@H](C(=O)N[C@H](c2ncc(C)s2)C2CC2)C1. The molecule has 3 rings (SSSR count). The Kier molecular flexibility index (Phi) is 4.84. The number of nitrogens with zero attached hydrogens (tertiary/aromatic N) is 2. The van der Waals surface area contributed by atoms with Gasteiger partial charge in [-0.05, 0) is 38.5 Å². The fourth-order valence-corrected chi connectivity index (χ4v) is 4.00. The summed E-state index contributed by atoms with van der Waals surface area (Å²) in [5.41, 5.74) is 0. The standard InChI is InChI=1S/C16H23N3O3S/c1-10-8-17-15(23-10)13(11-5-6-11)18-14(20)12-4-3-7-19(9-12)16(21)22-2/h8,11-13H,3-7,9H2,1-2H3,(H,18,20)/t12-,13-/m0/s1. The summed E-state index contributed by atoms with van der Waals surface area (Å²) < 4.78 is 4.77. The molecule has 2 fully saturated rings. The van der Waals surface area contributed by atoms with Crippen molar-refractivity contribution in [3.05, 3.63) is 16.1 Å². The predicted octanol–water partition coefficient (Wildman–Crippen LogP) is 2.50. The van der Waals surface area contributed by atoms with Gasteiger partial charge in [0.25, 0.3) is 0 Å². The lowest BCUT2D eigenvalue weighted by molar-refractivity contribution is -0.127. The fraction of sp³-hybridized carbons (Fsp3) is 0.688. The van der Waals surface area contributed by atoms with Crippen LogP contribution >= 0.6 is 11.3 Å². The molecule has 0 unspecified atom stereocenters. The minimum atomic E-state index is -0.350. The molecule has 7 heteroatoms. The minimum Gasteiger partial charge on any atom is -0.453 e. The third kappa shape index (κ3) is 3.83. The summed E-state index contributed by atoms with van der Waals surface area (Å²) in [4.78, 5) is 31.6. The molecule has 0 bridgehead atoms. The van der Waals surface area contributed by atoms with E-state index in [-0.39, 0.29) is 24.0 Å². The Balaban J connectivity index is 1.63. The van der Waals surface area contributed by atoms with E-state index in [2.05, 4.69) is 10.3 Å². The molecule has 1 aliphatic heterocycles. The van der Waals surface area contributed by atoms with Gasteiger partial charge in [-0.2, -0.15) is 0 Å². The number of hydrogen-bond donors (Lipinski definition) is 1. The van der Waals surface area contributed by atoms with Crippen LogP contribution in [0.2, 0.25) is 0 Å². The molecule has 1 aromatic rings. The number of aryl methyl sites for hydroxylation is 1. The normalized spacial score (nSPS) is 22.5. The second-order valence-electron chi connectivity index (χ2n) is 6.39. The number of piperidine rings is 1. The molecule has 0 radical (unpaired) electrons. The van der Waals surface area contributed by atoms with Gasteiger partial charge in [-0.15, -0.1) is 11.3 Å². The molecular formula is C16H23N3O3S. The van der Waals surface area contributed by atoms with Gasteiger partial charge in [0, 0.05) is 24.2 Å². The van der Waals surface area contributed by atoms with Gasteiger partial charge in [-0.1, -0.05) is 0 Å². The maximum absolute atomic E-state index is 12.7. The molecule has 1 aliphatic carbocycles. The van der Waals surface area contributed by atoms with Crippen LogP contribution in [0.1, 0.15) is 41.6 Å². The minimum absolute atomic E-state index is 0.0229. The van der Waals surface area contributed by atoms with Crippen LogP contribution in [-0.2, 0) is 9.53 Å². The zero-order chi connectivity index (χ0) is 16.4. The van der Waals surface area contributed by atoms with E-state index in [4.69, 9.17) is 4.74 Å². The lowest BCUT2D eigenvalue weighted by atomic mass is 9.97. The van der Waals surface area contributed by atoms with Crippen molar-refractivity contribution in [3.8, 4) is 0 Å². The number of amides is 2. The van der Waals surface area contributed by atoms with Crippen molar-refractivity contribution < 1.29 is 14.3 Å². The summed E-state index contributed by atoms with van der Waals surface area (Å²) in [6.45, 7) is 3.13. The number of carbonyl (C=O) groups is 2. The summed E-state index contributed by atoms with van der Waals surface area (Å²) in [5, 5.41) is 4.19. The third-order valence-corrected chi connectivity index (χ3v) is 5.52. The Hall–Kier alpha value is -1.63. The van der Waals surface area contributed by atoms with E-state index in [1.165, 1.54) is 7.11 Å². The highest BCUT2D eigenvalue weighted by molar-refractivity contribution is 7.11. The van der Waals surface area contributed by atoms with E-state index in [1.807, 2.05) is 13.1 Å². The van der Waals surface area contributed by atoms with Crippen LogP contribution in [0.4, 0.5) is 4.79 Å². The summed E-state index contributed by atoms with van der Waals surface area (Å²) in [6.07, 6.45) is 5.44. The Bertz CT molecular complexity index is 585. The van der Waals surface area contributed by atoms with Crippen LogP contribution < -0.4 is 5.32 Å². The quantitative estimate of drug-likeness (QED) is 0.916. The molecule has 23 heavy (non-hydrogen) atoms. The van der Waals surface area contributed by atoms with Crippen LogP contribution in [0.15, 0.2) is 6.20 Å². The van der Waals surface area contributed by atoms with Crippen molar-refractivity contribution in [1.29, 1.82) is 0 Å². The first-order valence-corrected chi connectivity index (χ1v) is 8.95. The van der Waals surface area contributed by atoms with Gasteiger partial charge in [-0.25, -0.2) is 9.78 Å². The second kappa shape index (κ2) is 6.86. The highest BCUT2D eigenvalue weighted by Gasteiger charge is 2.37. The van der Waals surface area contributed by atoms with Crippen molar-refractivity contribution in [2.75, 3.05) is 20.2 Å². The van der Waals surface area contributed by atoms with E-state index >= 15 is 0 Å². The molecule has 1 N–H and O–H groups in total. The molecule has 2 amide bonds. The Morgan fingerprint density at radius 2 is 2.22 bits per heavy atom. The van der Waals surface area contributed by atoms with Crippen LogP contribution in [0.3, 0.4) is 0 Å². The number of rotatable bonds is 4. The Morgan fingerprint density at radius 1 is 1.43 bits per heavy atom. The van der Waals surface area contributed by atoms with E-state index in [0.717, 1.165) is 35.6 Å². The van der Waals surface area contributed by atoms with Crippen molar-refractivity contribution in [2.45, 2.75) is 38.6 Å². The van der Waals surface area contributed by atoms with Gasteiger partial charge in [0.15, 0.2) is 0 Å². The first-order chi connectivity index (χ1) is 11.1. The summed E-state index contributed by atoms with van der Waals surface area (Å²) >= 11 is 1.65. The molecule has 1 aromatic heterocycles. The van der Waals surface area contributed by atoms with E-state index in [0.29, 0.717) is 19.0 Å². The smallest absolute Gasteiger partial charge is 0.409 e. The number of carbonyl (C=O) groups excluding carboxylic acids is 2. The van der Waals surface area contributed by atoms with Gasteiger partial charge >= 0.3 is 6.09 Å². The van der Waals surface area contributed by atoms with Crippen LogP contribution in [0, 0.1) is 18.8 Å². The Morgan fingerprint density at radius 3 is 2.83 bits per heavy atom. The average Bonchev–Trinajstić information content (AvgIpc) is 3.32. The van der Waals surface area contributed by atoms with Crippen LogP contribution in [0.5, 0.6) is 0 Å². The predicted molar refractivity (Wildman–Crippen MR) is 87.2 cm³/mol. The van der Waals surface area contributed by atoms with Crippen LogP contribution in [0.25, 0.3) is 0 Å². The molecule has 126 valence electrons. The second-order valence-corrected chi connectivity index (χ2v) is 7.65. The van der Waals surface area contributed by atoms with Crippen molar-refractivity contribution in [2.24, 2.45) is 11.8 Å². The van der Waals surface area contributed by atoms with E-state index in [9.17, 15) is 9.59 Å². The van der Waals surface area contributed by atoms with Crippen LogP contribution in [-0.4, -0.2) is 42.1 Å². The number of methoxy groups -OCH3 is 1. The first kappa shape index (κ1) is 16.2. The highest BCUT2D eigenvalue weighted by atomic mass is 32.1. The summed E-state index contributed by atoms with van der Waals surface area (Å²) in [6, 6.07) is 0.0229. The topological polar surface area (TPSA) is 71.5 Å². The Labute approximate surface area is 140 Å². The lowest BCUT2D eigenvalue weighted by Gasteiger charge is -2.31. The zero-order valence-electron chi connectivity index (χ0n) is 13.6. The van der Waals surface area contributed by atoms with Crippen molar-refractivity contribution >= 4 is 23.3 Å². The maximum atomic E-state index is 12.7. The third-order valence-electron chi connectivity index (χ3n) is 4.52. The molecular weight excluding hydrogens is 314 g/mol. The first-order valence-electron chi connectivity index (χ1n) is 8.14. The summed E-state index contributed by atoms with van der Waals surface area (Å²) in [7, 11) is 1.37. The van der Waals surface area contributed by atoms with Gasteiger partial charge in [0.05, 0.1) is 19.1 Å². The van der Waals surface area contributed by atoms with Gasteiger partial charge in [0.2, 0.25) is 5.91 Å². The highest BCUT2D eigenvalue weighted by Crippen LogP contribution is 2.42. The largest absolute Gasteiger partial charge is 0.453 e. The lowest BCUT2D eigenvalue weighted by Crippen LogP contribution is -2.46. The fourth-order valence-electron chi connectivity index (χ4n) is 3.08. The summed E-state index contributed by atoms with van der Waals surface area (Å²) in [5.74, 6) is 0.373. The number of aromatic nitrogens is 1. The average molecular weight is 337 g/mol. The number of nitrogens with one attached hydrogen (secondary N) is 1. The molecule has 2 heterocycles. The molecule has 2 atom stereocenters. The monoisotopic (exact) mass is 337 g/mol. The van der Waals surface area contributed by atoms with Crippen molar-refractivity contribution in [1.82, 2.24) is 15.2 Å². The van der Waals surface area contributed by atoms with Gasteiger partial charge in [0.1, 0.15) is 5.01 Å². The molecule has 1 saturated heterocycles. The molecule has 6 nitrogen and oxygen atoms in total. The van der Waals surface area contributed by atoms with Gasteiger partial charge < -0.3 is 15.0 Å². The molecule has 0 aromatic carbocycles. The van der Waals surface area contributed by atoms with Gasteiger partial charge in [-0.3, -0.25) is 4.79 Å². The van der Waals surface area contributed by atoms with E-state index < -0.39 is 0 Å². The number of ether oxygens (including phenoxy) is 1. The van der Waals surface area contributed by atoms with E-state index in [1.54, 1.807) is 16.2 Å². The number of thiazole rings is 1. The number of likely N-dealkylation sites (tertiary alicyclic amines) is 1. The van der Waals surface area contributed by atoms with Crippen molar-refractivity contribution in [3.63, 3.8) is 0 Å². The molecule has 1 saturated carbocycles.